The van der Waals surface area contributed by atoms with E-state index in [4.69, 9.17) is 5.84 Å². The number of nitrogens with zero attached hydrogens (tertiary/aromatic N) is 2. The van der Waals surface area contributed by atoms with Gasteiger partial charge in [0.1, 0.15) is 0 Å². The number of piperidine rings is 1. The summed E-state index contributed by atoms with van der Waals surface area (Å²) >= 11 is 0. The molecule has 3 aromatic carbocycles. The van der Waals surface area contributed by atoms with Gasteiger partial charge in [0.25, 0.3) is 5.91 Å². The van der Waals surface area contributed by atoms with Crippen molar-refractivity contribution < 1.29 is 4.79 Å². The maximum atomic E-state index is 13.7. The van der Waals surface area contributed by atoms with E-state index < -0.39 is 0 Å². The van der Waals surface area contributed by atoms with Gasteiger partial charge in [0, 0.05) is 30.8 Å². The van der Waals surface area contributed by atoms with Gasteiger partial charge in [-0.1, -0.05) is 61.5 Å². The monoisotopic (exact) mass is 480 g/mol. The maximum Gasteiger partial charge on any atom is 0.254 e. The minimum Gasteiger partial charge on any atom is -0.330 e. The molecule has 5 heteroatoms. The van der Waals surface area contributed by atoms with Crippen molar-refractivity contribution in [3.63, 3.8) is 0 Å². The Bertz CT molecular complexity index is 1260. The fourth-order valence-corrected chi connectivity index (χ4v) is 5.52. The van der Waals surface area contributed by atoms with E-state index in [0.29, 0.717) is 25.1 Å². The molecule has 5 nitrogen and oxygen atoms in total. The van der Waals surface area contributed by atoms with Crippen molar-refractivity contribution in [1.82, 2.24) is 9.80 Å². The molecule has 0 unspecified atom stereocenters. The number of nitrogen functional groups attached to an aromatic ring is 1. The molecule has 0 aromatic heterocycles. The van der Waals surface area contributed by atoms with E-state index in [2.05, 4.69) is 47.2 Å². The molecule has 186 valence electrons. The number of benzene rings is 3. The Morgan fingerprint density at radius 2 is 1.67 bits per heavy atom. The van der Waals surface area contributed by atoms with Crippen LogP contribution in [0.1, 0.15) is 63.0 Å². The zero-order valence-electron chi connectivity index (χ0n) is 21.2. The van der Waals surface area contributed by atoms with Crippen molar-refractivity contribution in [2.45, 2.75) is 52.2 Å². The van der Waals surface area contributed by atoms with Crippen LogP contribution in [0.15, 0.2) is 67.2 Å². The zero-order valence-corrected chi connectivity index (χ0v) is 21.2. The quantitative estimate of drug-likeness (QED) is 0.337. The summed E-state index contributed by atoms with van der Waals surface area (Å²) in [6, 6.07) is 20.9. The SMILES string of the molecule is C=C(Cc1ccccc1)c1cc(C(=O)N2Cc3ccc(CN4CCCCC4)cc3C2)c(C)cc1NN. The molecule has 0 radical (unpaired) electrons. The van der Waals surface area contributed by atoms with E-state index in [1.807, 2.05) is 42.2 Å². The molecule has 36 heavy (non-hydrogen) atoms. The fraction of sp³-hybridized carbons (Fsp3) is 0.323. The molecule has 3 aromatic rings. The van der Waals surface area contributed by atoms with Crippen LogP contribution in [0.5, 0.6) is 0 Å². The normalized spacial score (nSPS) is 15.6. The number of nitrogens with two attached hydrogens (primary N) is 1. The lowest BCUT2D eigenvalue weighted by Crippen LogP contribution is -2.29. The number of amides is 1. The van der Waals surface area contributed by atoms with Gasteiger partial charge in [-0.15, -0.1) is 0 Å². The highest BCUT2D eigenvalue weighted by atomic mass is 16.2. The molecule has 1 amide bonds. The molecule has 2 heterocycles. The first-order valence-corrected chi connectivity index (χ1v) is 13.0. The predicted octanol–water partition coefficient (Wildman–Crippen LogP) is 5.68. The van der Waals surface area contributed by atoms with Crippen molar-refractivity contribution in [1.29, 1.82) is 0 Å². The van der Waals surface area contributed by atoms with E-state index in [1.54, 1.807) is 0 Å². The lowest BCUT2D eigenvalue weighted by molar-refractivity contribution is 0.0750. The molecule has 3 N–H and O–H groups in total. The summed E-state index contributed by atoms with van der Waals surface area (Å²) < 4.78 is 0. The van der Waals surface area contributed by atoms with Crippen molar-refractivity contribution >= 4 is 17.2 Å². The first-order chi connectivity index (χ1) is 17.5. The number of carbonyl (C=O) groups excluding carboxylic acids is 1. The third-order valence-corrected chi connectivity index (χ3v) is 7.53. The van der Waals surface area contributed by atoms with E-state index in [0.717, 1.165) is 28.9 Å². The third kappa shape index (κ3) is 5.23. The molecule has 0 saturated carbocycles. The average molecular weight is 481 g/mol. The third-order valence-electron chi connectivity index (χ3n) is 7.53. The first-order valence-electron chi connectivity index (χ1n) is 13.0. The van der Waals surface area contributed by atoms with Gasteiger partial charge < -0.3 is 10.3 Å². The number of anilines is 1. The molecule has 1 saturated heterocycles. The number of carbonyl (C=O) groups is 1. The molecule has 0 spiro atoms. The van der Waals surface area contributed by atoms with Crippen LogP contribution in [0.25, 0.3) is 5.57 Å². The smallest absolute Gasteiger partial charge is 0.254 e. The molecule has 0 atom stereocenters. The Morgan fingerprint density at radius 3 is 2.42 bits per heavy atom. The van der Waals surface area contributed by atoms with Gasteiger partial charge in [0.15, 0.2) is 0 Å². The number of hydrogen-bond acceptors (Lipinski definition) is 4. The second-order valence-electron chi connectivity index (χ2n) is 10.2. The van der Waals surface area contributed by atoms with Crippen molar-refractivity contribution in [2.24, 2.45) is 5.84 Å². The van der Waals surface area contributed by atoms with Gasteiger partial charge in [0.2, 0.25) is 0 Å². The van der Waals surface area contributed by atoms with Crippen molar-refractivity contribution in [3.05, 3.63) is 106 Å². The van der Waals surface area contributed by atoms with Gasteiger partial charge in [-0.25, -0.2) is 0 Å². The van der Waals surface area contributed by atoms with Gasteiger partial charge in [-0.3, -0.25) is 15.5 Å². The number of nitrogens with one attached hydrogen (secondary N) is 1. The van der Waals surface area contributed by atoms with E-state index in [9.17, 15) is 4.79 Å². The molecular weight excluding hydrogens is 444 g/mol. The molecule has 0 bridgehead atoms. The second kappa shape index (κ2) is 10.7. The van der Waals surface area contributed by atoms with Crippen LogP contribution in [0, 0.1) is 6.92 Å². The van der Waals surface area contributed by atoms with Gasteiger partial charge in [0.05, 0.1) is 5.69 Å². The second-order valence-corrected chi connectivity index (χ2v) is 10.2. The molecule has 5 rings (SSSR count). The van der Waals surface area contributed by atoms with Crippen LogP contribution in [0.2, 0.25) is 0 Å². The number of hydrogen-bond donors (Lipinski definition) is 2. The maximum absolute atomic E-state index is 13.7. The Balaban J connectivity index is 1.34. The Morgan fingerprint density at radius 1 is 0.917 bits per heavy atom. The van der Waals surface area contributed by atoms with E-state index in [-0.39, 0.29) is 5.91 Å². The minimum absolute atomic E-state index is 0.0543. The number of hydrazine groups is 1. The van der Waals surface area contributed by atoms with Crippen LogP contribution in [0.4, 0.5) is 5.69 Å². The summed E-state index contributed by atoms with van der Waals surface area (Å²) in [5.74, 6) is 5.90. The van der Waals surface area contributed by atoms with E-state index in [1.165, 1.54) is 54.6 Å². The van der Waals surface area contributed by atoms with Crippen LogP contribution >= 0.6 is 0 Å². The molecular formula is C31H36N4O. The Kier molecular flexibility index (Phi) is 7.21. The minimum atomic E-state index is 0.0543. The average Bonchev–Trinajstić information content (AvgIpc) is 3.33. The lowest BCUT2D eigenvalue weighted by Gasteiger charge is -2.26. The summed E-state index contributed by atoms with van der Waals surface area (Å²) in [5, 5.41) is 0. The van der Waals surface area contributed by atoms with Crippen LogP contribution < -0.4 is 11.3 Å². The summed E-state index contributed by atoms with van der Waals surface area (Å²) in [4.78, 5) is 18.2. The molecule has 2 aliphatic heterocycles. The first kappa shape index (κ1) is 24.3. The van der Waals surface area contributed by atoms with Crippen LogP contribution in [0.3, 0.4) is 0 Å². The van der Waals surface area contributed by atoms with Gasteiger partial charge in [-0.2, -0.15) is 0 Å². The summed E-state index contributed by atoms with van der Waals surface area (Å²) in [6.45, 7) is 11.0. The van der Waals surface area contributed by atoms with Crippen LogP contribution in [-0.2, 0) is 26.1 Å². The van der Waals surface area contributed by atoms with Crippen molar-refractivity contribution in [3.8, 4) is 0 Å². The number of aryl methyl sites for hydroxylation is 1. The zero-order chi connectivity index (χ0) is 25.1. The lowest BCUT2D eigenvalue weighted by atomic mass is 9.94. The summed E-state index contributed by atoms with van der Waals surface area (Å²) in [7, 11) is 0. The highest BCUT2D eigenvalue weighted by molar-refractivity contribution is 5.98. The molecule has 2 aliphatic rings. The molecule has 1 fully saturated rings. The number of allylic oxidation sites excluding steroid dienone is 1. The summed E-state index contributed by atoms with van der Waals surface area (Å²) in [5.41, 5.74) is 12.1. The summed E-state index contributed by atoms with van der Waals surface area (Å²) in [6.07, 6.45) is 4.64. The Hall–Kier alpha value is -3.41. The number of likely N-dealkylation sites (tertiary alicyclic amines) is 1. The van der Waals surface area contributed by atoms with Gasteiger partial charge in [-0.05, 0) is 84.8 Å². The predicted molar refractivity (Wildman–Crippen MR) is 147 cm³/mol. The Labute approximate surface area is 214 Å². The van der Waals surface area contributed by atoms with E-state index >= 15 is 0 Å². The van der Waals surface area contributed by atoms with Crippen molar-refractivity contribution in [2.75, 3.05) is 18.5 Å². The highest BCUT2D eigenvalue weighted by Crippen LogP contribution is 2.32. The van der Waals surface area contributed by atoms with Crippen LogP contribution in [-0.4, -0.2) is 28.8 Å². The number of rotatable bonds is 7. The highest BCUT2D eigenvalue weighted by Gasteiger charge is 2.27. The standard InChI is InChI=1S/C31H36N4O/c1-22(15-24-9-5-3-6-10-24)28-18-29(23(2)16-30(28)33-32)31(36)35-20-26-12-11-25(17-27(26)21-35)19-34-13-7-4-8-14-34/h3,5-6,9-12,16-18,33H,1,4,7-8,13-15,19-21,32H2,2H3. The number of fused-ring (bicyclic) bond motifs is 1. The molecule has 0 aliphatic carbocycles. The van der Waals surface area contributed by atoms with Gasteiger partial charge >= 0.3 is 0 Å². The largest absolute Gasteiger partial charge is 0.330 e. The topological polar surface area (TPSA) is 61.6 Å². The fourth-order valence-electron chi connectivity index (χ4n) is 5.52.